The average Bonchev–Trinajstić information content (AvgIpc) is 3.61. The van der Waals surface area contributed by atoms with Crippen LogP contribution in [0.3, 0.4) is 0 Å². The second-order valence-electron chi connectivity index (χ2n) is 8.82. The molecule has 0 amide bonds. The van der Waals surface area contributed by atoms with Gasteiger partial charge in [-0.05, 0) is 64.5 Å². The van der Waals surface area contributed by atoms with Crippen LogP contribution in [0.4, 0.5) is 5.95 Å². The molecule has 0 atom stereocenters. The van der Waals surface area contributed by atoms with Crippen molar-refractivity contribution < 1.29 is 4.74 Å². The van der Waals surface area contributed by atoms with Crippen molar-refractivity contribution in [2.24, 2.45) is 11.6 Å². The zero-order chi connectivity index (χ0) is 22.7. The van der Waals surface area contributed by atoms with Gasteiger partial charge in [-0.1, -0.05) is 6.42 Å². The number of pyridine rings is 1. The van der Waals surface area contributed by atoms with Crippen LogP contribution in [0.5, 0.6) is 5.75 Å². The van der Waals surface area contributed by atoms with E-state index < -0.39 is 0 Å². The third-order valence-corrected chi connectivity index (χ3v) is 6.02. The van der Waals surface area contributed by atoms with Crippen LogP contribution in [0.1, 0.15) is 73.9 Å². The molecular formula is C23H34N8O. The van der Waals surface area contributed by atoms with Gasteiger partial charge in [0.25, 0.3) is 0 Å². The van der Waals surface area contributed by atoms with Crippen LogP contribution in [0.25, 0.3) is 5.70 Å². The Morgan fingerprint density at radius 1 is 1.06 bits per heavy atom. The quantitative estimate of drug-likeness (QED) is 0.421. The van der Waals surface area contributed by atoms with E-state index in [4.69, 9.17) is 21.3 Å². The molecule has 9 nitrogen and oxygen atoms in total. The first-order valence-corrected chi connectivity index (χ1v) is 11.5. The van der Waals surface area contributed by atoms with Crippen LogP contribution in [-0.2, 0) is 0 Å². The molecule has 2 heterocycles. The van der Waals surface area contributed by atoms with Gasteiger partial charge >= 0.3 is 0 Å². The zero-order valence-corrected chi connectivity index (χ0v) is 19.3. The number of likely N-dealkylation sites (N-methyl/N-ethyl adjacent to an activating group) is 1. The zero-order valence-electron chi connectivity index (χ0n) is 19.3. The van der Waals surface area contributed by atoms with Crippen molar-refractivity contribution in [1.29, 1.82) is 0 Å². The first-order chi connectivity index (χ1) is 15.4. The Bertz CT molecular complexity index is 980. The molecular weight excluding hydrogens is 404 g/mol. The molecule has 0 spiro atoms. The van der Waals surface area contributed by atoms with Crippen molar-refractivity contribution in [3.05, 3.63) is 40.9 Å². The minimum atomic E-state index is 0.280. The Labute approximate surface area is 189 Å². The highest BCUT2D eigenvalue weighted by Gasteiger charge is 2.27. The summed E-state index contributed by atoms with van der Waals surface area (Å²) in [6.07, 6.45) is 8.52. The number of rotatable bonds is 8. The van der Waals surface area contributed by atoms with Gasteiger partial charge in [0.05, 0.1) is 35.4 Å². The summed E-state index contributed by atoms with van der Waals surface area (Å²) in [5, 5.41) is 4.75. The molecule has 0 bridgehead atoms. The summed E-state index contributed by atoms with van der Waals surface area (Å²) in [7, 11) is 1.76. The third-order valence-electron chi connectivity index (χ3n) is 6.02. The van der Waals surface area contributed by atoms with Gasteiger partial charge in [0, 0.05) is 13.0 Å². The first-order valence-electron chi connectivity index (χ1n) is 11.5. The number of hydrogen-bond acceptors (Lipinski definition) is 9. The molecule has 9 heteroatoms. The van der Waals surface area contributed by atoms with Gasteiger partial charge in [-0.2, -0.15) is 9.97 Å². The number of nitrogens with zero attached hydrogens (tertiary/aromatic N) is 5. The van der Waals surface area contributed by atoms with Crippen molar-refractivity contribution in [2.45, 2.75) is 70.8 Å². The summed E-state index contributed by atoms with van der Waals surface area (Å²) < 4.78 is 6.19. The number of hydrazine groups is 1. The van der Waals surface area contributed by atoms with E-state index in [-0.39, 0.29) is 6.10 Å². The summed E-state index contributed by atoms with van der Waals surface area (Å²) in [4.78, 5) is 18.1. The number of aromatic nitrogens is 4. The summed E-state index contributed by atoms with van der Waals surface area (Å²) >= 11 is 0. The third kappa shape index (κ3) is 5.45. The number of aryl methyl sites for hydroxylation is 2. The van der Waals surface area contributed by atoms with Crippen molar-refractivity contribution in [1.82, 2.24) is 24.9 Å². The minimum absolute atomic E-state index is 0.280. The van der Waals surface area contributed by atoms with E-state index in [2.05, 4.69) is 20.3 Å². The molecule has 4 rings (SSSR count). The Balaban J connectivity index is 1.49. The topological polar surface area (TPSA) is 128 Å². The van der Waals surface area contributed by atoms with E-state index in [0.29, 0.717) is 41.3 Å². The molecule has 0 aromatic carbocycles. The minimum Gasteiger partial charge on any atom is -0.489 e. The van der Waals surface area contributed by atoms with E-state index in [1.807, 2.05) is 26.0 Å². The standard InChI is InChI=1S/C23H34N8O/c1-14-20(32-17-7-5-4-6-8-17)12-11-18(27-14)21(24)19(31(3)25)13-26-23-29-15(2)28-22(30-23)16-9-10-16/h11-12,16-17H,4-10,13,24-25H2,1-3H3,(H,26,28,29,30)/b21-19-. The molecule has 2 aromatic heterocycles. The summed E-state index contributed by atoms with van der Waals surface area (Å²) in [6, 6.07) is 3.85. The maximum atomic E-state index is 6.49. The molecule has 172 valence electrons. The smallest absolute Gasteiger partial charge is 0.226 e. The Morgan fingerprint density at radius 2 is 1.81 bits per heavy atom. The molecule has 2 aliphatic carbocycles. The number of anilines is 1. The number of nitrogens with one attached hydrogen (secondary N) is 1. The maximum absolute atomic E-state index is 6.49. The number of hydrogen-bond donors (Lipinski definition) is 3. The van der Waals surface area contributed by atoms with E-state index >= 15 is 0 Å². The van der Waals surface area contributed by atoms with E-state index in [1.165, 1.54) is 24.3 Å². The van der Waals surface area contributed by atoms with Crippen LogP contribution in [0, 0.1) is 13.8 Å². The highest BCUT2D eigenvalue weighted by atomic mass is 16.5. The Morgan fingerprint density at radius 3 is 2.47 bits per heavy atom. The molecule has 5 N–H and O–H groups in total. The number of nitrogens with two attached hydrogens (primary N) is 2. The molecule has 2 aliphatic rings. The predicted octanol–water partition coefficient (Wildman–Crippen LogP) is 3.02. The molecule has 2 aromatic rings. The van der Waals surface area contributed by atoms with Gasteiger partial charge in [0.2, 0.25) is 5.95 Å². The van der Waals surface area contributed by atoms with Crippen molar-refractivity contribution in [3.8, 4) is 5.75 Å². The summed E-state index contributed by atoms with van der Waals surface area (Å²) in [5.41, 5.74) is 9.18. The molecule has 32 heavy (non-hydrogen) atoms. The van der Waals surface area contributed by atoms with Gasteiger partial charge in [-0.25, -0.2) is 15.8 Å². The van der Waals surface area contributed by atoms with E-state index in [1.54, 1.807) is 7.05 Å². The molecule has 0 unspecified atom stereocenters. The predicted molar refractivity (Wildman–Crippen MR) is 125 cm³/mol. The largest absolute Gasteiger partial charge is 0.489 e. The molecule has 2 saturated carbocycles. The lowest BCUT2D eigenvalue weighted by Gasteiger charge is -2.24. The molecule has 0 saturated heterocycles. The second-order valence-corrected chi connectivity index (χ2v) is 8.82. The number of ether oxygens (including phenoxy) is 1. The fourth-order valence-corrected chi connectivity index (χ4v) is 4.01. The van der Waals surface area contributed by atoms with Gasteiger partial charge in [-0.15, -0.1) is 0 Å². The van der Waals surface area contributed by atoms with Crippen LogP contribution in [0.2, 0.25) is 0 Å². The van der Waals surface area contributed by atoms with Crippen molar-refractivity contribution >= 4 is 11.6 Å². The first kappa shape index (κ1) is 22.3. The van der Waals surface area contributed by atoms with Crippen LogP contribution in [-0.4, -0.2) is 44.6 Å². The van der Waals surface area contributed by atoms with Crippen LogP contribution >= 0.6 is 0 Å². The van der Waals surface area contributed by atoms with Crippen molar-refractivity contribution in [2.75, 3.05) is 18.9 Å². The molecule has 2 fully saturated rings. The maximum Gasteiger partial charge on any atom is 0.226 e. The lowest BCUT2D eigenvalue weighted by molar-refractivity contribution is 0.153. The van der Waals surface area contributed by atoms with Crippen LogP contribution in [0.15, 0.2) is 17.8 Å². The molecule has 0 radical (unpaired) electrons. The monoisotopic (exact) mass is 438 g/mol. The van der Waals surface area contributed by atoms with Gasteiger partial charge in [0.1, 0.15) is 17.4 Å². The van der Waals surface area contributed by atoms with Crippen molar-refractivity contribution in [3.63, 3.8) is 0 Å². The fraction of sp³-hybridized carbons (Fsp3) is 0.565. The Kier molecular flexibility index (Phi) is 6.74. The normalized spacial score (nSPS) is 17.6. The highest BCUT2D eigenvalue weighted by molar-refractivity contribution is 5.64. The van der Waals surface area contributed by atoms with Gasteiger partial charge < -0.3 is 20.8 Å². The molecule has 0 aliphatic heterocycles. The fourth-order valence-electron chi connectivity index (χ4n) is 4.01. The highest BCUT2D eigenvalue weighted by Crippen LogP contribution is 2.38. The summed E-state index contributed by atoms with van der Waals surface area (Å²) in [6.45, 7) is 4.20. The van der Waals surface area contributed by atoms with Gasteiger partial charge in [-0.3, -0.25) is 0 Å². The van der Waals surface area contributed by atoms with Gasteiger partial charge in [0.15, 0.2) is 0 Å². The Hall–Kier alpha value is -2.94. The lowest BCUT2D eigenvalue weighted by atomic mass is 9.98. The van der Waals surface area contributed by atoms with Crippen LogP contribution < -0.4 is 21.6 Å². The van der Waals surface area contributed by atoms with E-state index in [9.17, 15) is 0 Å². The average molecular weight is 439 g/mol. The SMILES string of the molecule is Cc1nc(NC/C(=C(/N)c2ccc(OC3CCCCC3)c(C)n2)N(C)N)nc(C2CC2)n1. The summed E-state index contributed by atoms with van der Waals surface area (Å²) in [5.74, 6) is 9.46. The lowest BCUT2D eigenvalue weighted by Crippen LogP contribution is -2.32. The second kappa shape index (κ2) is 9.68. The van der Waals surface area contributed by atoms with E-state index in [0.717, 1.165) is 43.0 Å².